The Morgan fingerprint density at radius 3 is 2.46 bits per heavy atom. The van der Waals surface area contributed by atoms with Crippen LogP contribution < -0.4 is 4.90 Å². The Morgan fingerprint density at radius 1 is 1.08 bits per heavy atom. The fourth-order valence-electron chi connectivity index (χ4n) is 3.23. The van der Waals surface area contributed by atoms with E-state index in [-0.39, 0.29) is 0 Å². The lowest BCUT2D eigenvalue weighted by Crippen LogP contribution is -2.43. The maximum absolute atomic E-state index is 12.8. The second kappa shape index (κ2) is 5.43. The minimum absolute atomic E-state index is 0.293. The first-order valence-corrected chi connectivity index (χ1v) is 7.63. The number of hydrogen-bond acceptors (Lipinski definition) is 4. The Labute approximate surface area is 138 Å². The number of fused-ring (bicyclic) bond motifs is 2. The van der Waals surface area contributed by atoms with Crippen LogP contribution in [-0.2, 0) is 24.8 Å². The minimum atomic E-state index is -1.52. The average Bonchev–Trinajstić information content (AvgIpc) is 3.17. The van der Waals surface area contributed by atoms with Gasteiger partial charge in [-0.15, -0.1) is 0 Å². The van der Waals surface area contributed by atoms with Gasteiger partial charge in [0.05, 0.1) is 18.9 Å². The molecule has 0 saturated carbocycles. The van der Waals surface area contributed by atoms with Gasteiger partial charge in [0.15, 0.2) is 0 Å². The van der Waals surface area contributed by atoms with Crippen molar-refractivity contribution >= 4 is 17.6 Å². The first-order valence-electron chi connectivity index (χ1n) is 7.63. The van der Waals surface area contributed by atoms with Crippen LogP contribution in [0.1, 0.15) is 5.56 Å². The van der Waals surface area contributed by atoms with Crippen LogP contribution in [0.3, 0.4) is 0 Å². The van der Waals surface area contributed by atoms with Crippen LogP contribution in [0.2, 0.25) is 0 Å². The smallest absolute Gasteiger partial charge is 0.323 e. The molecule has 1 fully saturated rings. The van der Waals surface area contributed by atoms with Gasteiger partial charge in [-0.2, -0.15) is 0 Å². The van der Waals surface area contributed by atoms with Crippen LogP contribution in [0, 0.1) is 0 Å². The SMILES string of the molecule is O=C(O)CN1C(=O)C2(OCCO2)c2cc(-c3ccccc3)ccc21. The highest BCUT2D eigenvalue weighted by atomic mass is 16.7. The van der Waals surface area contributed by atoms with Gasteiger partial charge in [-0.3, -0.25) is 14.5 Å². The van der Waals surface area contributed by atoms with Crippen LogP contribution in [0.25, 0.3) is 11.1 Å². The molecular formula is C18H15NO5. The first kappa shape index (κ1) is 14.9. The number of benzene rings is 2. The van der Waals surface area contributed by atoms with Crippen molar-refractivity contribution in [2.45, 2.75) is 5.79 Å². The van der Waals surface area contributed by atoms with Crippen molar-refractivity contribution in [3.05, 3.63) is 54.1 Å². The van der Waals surface area contributed by atoms with Crippen LogP contribution in [0.15, 0.2) is 48.5 Å². The second-order valence-corrected chi connectivity index (χ2v) is 5.70. The minimum Gasteiger partial charge on any atom is -0.480 e. The Kier molecular flexibility index (Phi) is 3.37. The van der Waals surface area contributed by atoms with Gasteiger partial charge in [0, 0.05) is 5.56 Å². The van der Waals surface area contributed by atoms with Gasteiger partial charge in [0.25, 0.3) is 11.7 Å². The Hall–Kier alpha value is -2.70. The van der Waals surface area contributed by atoms with Crippen molar-refractivity contribution in [2.24, 2.45) is 0 Å². The van der Waals surface area contributed by atoms with Gasteiger partial charge in [-0.25, -0.2) is 0 Å². The van der Waals surface area contributed by atoms with Gasteiger partial charge < -0.3 is 14.6 Å². The number of anilines is 1. The van der Waals surface area contributed by atoms with Crippen LogP contribution in [0.4, 0.5) is 5.69 Å². The third-order valence-electron chi connectivity index (χ3n) is 4.26. The highest BCUT2D eigenvalue weighted by molar-refractivity contribution is 6.08. The lowest BCUT2D eigenvalue weighted by molar-refractivity contribution is -0.181. The molecule has 2 aromatic carbocycles. The Balaban J connectivity index is 1.85. The van der Waals surface area contributed by atoms with Crippen molar-refractivity contribution in [3.63, 3.8) is 0 Å². The monoisotopic (exact) mass is 325 g/mol. The zero-order valence-corrected chi connectivity index (χ0v) is 12.8. The van der Waals surface area contributed by atoms with E-state index in [0.29, 0.717) is 24.5 Å². The summed E-state index contributed by atoms with van der Waals surface area (Å²) in [6.07, 6.45) is 0. The van der Waals surface area contributed by atoms with Gasteiger partial charge >= 0.3 is 5.97 Å². The van der Waals surface area contributed by atoms with Gasteiger partial charge in [0.1, 0.15) is 6.54 Å². The number of carbonyl (C=O) groups excluding carboxylic acids is 1. The molecule has 6 nitrogen and oxygen atoms in total. The summed E-state index contributed by atoms with van der Waals surface area (Å²) in [5.74, 6) is -3.09. The van der Waals surface area contributed by atoms with Crippen molar-refractivity contribution in [1.82, 2.24) is 0 Å². The van der Waals surface area contributed by atoms with E-state index < -0.39 is 24.2 Å². The average molecular weight is 325 g/mol. The largest absolute Gasteiger partial charge is 0.480 e. The summed E-state index contributed by atoms with van der Waals surface area (Å²) in [7, 11) is 0. The Morgan fingerprint density at radius 2 is 1.79 bits per heavy atom. The number of ether oxygens (including phenoxy) is 2. The molecule has 2 aromatic rings. The van der Waals surface area contributed by atoms with E-state index in [0.717, 1.165) is 11.1 Å². The number of aliphatic carboxylic acids is 1. The molecule has 0 atom stereocenters. The zero-order chi connectivity index (χ0) is 16.7. The second-order valence-electron chi connectivity index (χ2n) is 5.70. The number of carboxylic acids is 1. The van der Waals surface area contributed by atoms with Crippen LogP contribution in [-0.4, -0.2) is 36.7 Å². The standard InChI is InChI=1S/C18H15NO5/c20-16(21)11-19-15-7-6-13(12-4-2-1-3-5-12)10-14(15)18(17(19)22)23-8-9-24-18/h1-7,10H,8-9,11H2,(H,20,21). The maximum atomic E-state index is 12.8. The number of rotatable bonds is 3. The Bertz CT molecular complexity index is 811. The number of carbonyl (C=O) groups is 2. The molecule has 0 unspecified atom stereocenters. The summed E-state index contributed by atoms with van der Waals surface area (Å²) in [5.41, 5.74) is 2.99. The molecule has 2 aliphatic heterocycles. The molecule has 6 heteroatoms. The molecule has 2 heterocycles. The molecule has 2 aliphatic rings. The lowest BCUT2D eigenvalue weighted by atomic mass is 9.99. The van der Waals surface area contributed by atoms with Crippen molar-refractivity contribution in [1.29, 1.82) is 0 Å². The van der Waals surface area contributed by atoms with E-state index in [4.69, 9.17) is 14.6 Å². The number of nitrogens with zero attached hydrogens (tertiary/aromatic N) is 1. The summed E-state index contributed by atoms with van der Waals surface area (Å²) in [6, 6.07) is 15.2. The third kappa shape index (κ3) is 2.11. The molecule has 0 aliphatic carbocycles. The van der Waals surface area contributed by atoms with Crippen LogP contribution in [0.5, 0.6) is 0 Å². The molecule has 1 N–H and O–H groups in total. The molecule has 1 amide bonds. The zero-order valence-electron chi connectivity index (χ0n) is 12.8. The van der Waals surface area contributed by atoms with E-state index in [1.807, 2.05) is 42.5 Å². The molecule has 4 rings (SSSR count). The van der Waals surface area contributed by atoms with E-state index in [9.17, 15) is 9.59 Å². The summed E-state index contributed by atoms with van der Waals surface area (Å²) < 4.78 is 11.3. The normalized spacial score (nSPS) is 18.2. The van der Waals surface area contributed by atoms with Crippen LogP contribution >= 0.6 is 0 Å². The summed E-state index contributed by atoms with van der Waals surface area (Å²) in [6.45, 7) is 0.161. The quantitative estimate of drug-likeness (QED) is 0.934. The molecule has 0 aromatic heterocycles. The summed E-state index contributed by atoms with van der Waals surface area (Å²) >= 11 is 0. The van der Waals surface area contributed by atoms with Crippen molar-refractivity contribution in [2.75, 3.05) is 24.7 Å². The van der Waals surface area contributed by atoms with Crippen molar-refractivity contribution in [3.8, 4) is 11.1 Å². The van der Waals surface area contributed by atoms with Gasteiger partial charge in [0.2, 0.25) is 0 Å². The van der Waals surface area contributed by atoms with Gasteiger partial charge in [-0.1, -0.05) is 36.4 Å². The fraction of sp³-hybridized carbons (Fsp3) is 0.222. The van der Waals surface area contributed by atoms with Crippen molar-refractivity contribution < 1.29 is 24.2 Å². The molecular weight excluding hydrogens is 310 g/mol. The van der Waals surface area contributed by atoms with Gasteiger partial charge in [-0.05, 0) is 23.3 Å². The molecule has 122 valence electrons. The molecule has 24 heavy (non-hydrogen) atoms. The number of hydrogen-bond donors (Lipinski definition) is 1. The molecule has 1 spiro atoms. The third-order valence-corrected chi connectivity index (χ3v) is 4.26. The fourth-order valence-corrected chi connectivity index (χ4v) is 3.23. The predicted molar refractivity (Wildman–Crippen MR) is 85.4 cm³/mol. The predicted octanol–water partition coefficient (Wildman–Crippen LogP) is 1.98. The molecule has 1 saturated heterocycles. The number of carboxylic acid groups (broad SMARTS) is 1. The summed E-state index contributed by atoms with van der Waals surface area (Å²) in [4.78, 5) is 25.1. The highest BCUT2D eigenvalue weighted by Crippen LogP contribution is 2.46. The van der Waals surface area contributed by atoms with E-state index >= 15 is 0 Å². The summed E-state index contributed by atoms with van der Waals surface area (Å²) in [5, 5.41) is 9.11. The topological polar surface area (TPSA) is 76.1 Å². The van der Waals surface area contributed by atoms with E-state index in [2.05, 4.69) is 0 Å². The molecule has 0 radical (unpaired) electrons. The highest BCUT2D eigenvalue weighted by Gasteiger charge is 2.56. The van der Waals surface area contributed by atoms with E-state index in [1.54, 1.807) is 6.07 Å². The molecule has 0 bridgehead atoms. The first-order chi connectivity index (χ1) is 11.6. The maximum Gasteiger partial charge on any atom is 0.323 e. The van der Waals surface area contributed by atoms with E-state index in [1.165, 1.54) is 4.90 Å². The lowest BCUT2D eigenvalue weighted by Gasteiger charge is -2.21. The number of amides is 1.